The monoisotopic (exact) mass is 418 g/mol. The second-order valence-corrected chi connectivity index (χ2v) is 7.49. The zero-order valence-electron chi connectivity index (χ0n) is 18.2. The zero-order valence-corrected chi connectivity index (χ0v) is 18.2. The molecular formula is C26H30N2O3. The Bertz CT molecular complexity index is 998. The Morgan fingerprint density at radius 1 is 0.935 bits per heavy atom. The number of carbonyl (C=O) groups is 2. The molecule has 0 aliphatic heterocycles. The van der Waals surface area contributed by atoms with Crippen molar-refractivity contribution in [1.29, 1.82) is 0 Å². The molecule has 5 heteroatoms. The summed E-state index contributed by atoms with van der Waals surface area (Å²) in [7, 11) is 0. The van der Waals surface area contributed by atoms with Gasteiger partial charge in [-0.15, -0.1) is 0 Å². The van der Waals surface area contributed by atoms with Gasteiger partial charge in [0, 0.05) is 18.5 Å². The molecule has 5 nitrogen and oxygen atoms in total. The van der Waals surface area contributed by atoms with Crippen LogP contribution in [-0.4, -0.2) is 35.9 Å². The van der Waals surface area contributed by atoms with Crippen LogP contribution in [0.4, 0.5) is 0 Å². The third-order valence-electron chi connectivity index (χ3n) is 5.23. The van der Waals surface area contributed by atoms with Gasteiger partial charge in [0.15, 0.2) is 6.61 Å². The minimum absolute atomic E-state index is 0.126. The standard InChI is InChI=1S/C26H30N2O3/c1-3-17-27-26(30)23(4-2)28(18-20-11-6-5-7-12-20)25(29)19-31-24-16-10-14-21-13-8-9-15-22(21)24/h5-16,23H,3-4,17-19H2,1-2H3,(H,27,30)/t23-/m0/s1. The Labute approximate surface area is 184 Å². The lowest BCUT2D eigenvalue weighted by atomic mass is 10.1. The second-order valence-electron chi connectivity index (χ2n) is 7.49. The molecule has 31 heavy (non-hydrogen) atoms. The van der Waals surface area contributed by atoms with Crippen molar-refractivity contribution >= 4 is 22.6 Å². The summed E-state index contributed by atoms with van der Waals surface area (Å²) in [6.07, 6.45) is 1.38. The van der Waals surface area contributed by atoms with Crippen molar-refractivity contribution in [2.75, 3.05) is 13.2 Å². The number of carbonyl (C=O) groups excluding carboxylic acids is 2. The maximum atomic E-state index is 13.3. The summed E-state index contributed by atoms with van der Waals surface area (Å²) in [6.45, 7) is 4.75. The summed E-state index contributed by atoms with van der Waals surface area (Å²) in [5, 5.41) is 4.94. The van der Waals surface area contributed by atoms with Crippen molar-refractivity contribution in [3.63, 3.8) is 0 Å². The first kappa shape index (κ1) is 22.3. The van der Waals surface area contributed by atoms with Crippen LogP contribution in [0.2, 0.25) is 0 Å². The lowest BCUT2D eigenvalue weighted by Crippen LogP contribution is -2.50. The van der Waals surface area contributed by atoms with Gasteiger partial charge in [0.1, 0.15) is 11.8 Å². The topological polar surface area (TPSA) is 58.6 Å². The summed E-state index contributed by atoms with van der Waals surface area (Å²) in [6, 6.07) is 22.9. The summed E-state index contributed by atoms with van der Waals surface area (Å²) >= 11 is 0. The fraction of sp³-hybridized carbons (Fsp3) is 0.308. The molecule has 0 spiro atoms. The second kappa shape index (κ2) is 11.2. The van der Waals surface area contributed by atoms with E-state index in [9.17, 15) is 9.59 Å². The fourth-order valence-corrected chi connectivity index (χ4v) is 3.61. The van der Waals surface area contributed by atoms with Crippen LogP contribution in [0.3, 0.4) is 0 Å². The molecule has 0 saturated carbocycles. The molecule has 0 radical (unpaired) electrons. The molecule has 1 N–H and O–H groups in total. The maximum Gasteiger partial charge on any atom is 0.261 e. The summed E-state index contributed by atoms with van der Waals surface area (Å²) in [4.78, 5) is 27.7. The Morgan fingerprint density at radius 2 is 1.65 bits per heavy atom. The van der Waals surface area contributed by atoms with E-state index < -0.39 is 6.04 Å². The predicted octanol–water partition coefficient (Wildman–Crippen LogP) is 4.55. The van der Waals surface area contributed by atoms with Gasteiger partial charge < -0.3 is 15.0 Å². The predicted molar refractivity (Wildman–Crippen MR) is 124 cm³/mol. The van der Waals surface area contributed by atoms with Crippen molar-refractivity contribution in [2.24, 2.45) is 0 Å². The average Bonchev–Trinajstić information content (AvgIpc) is 2.81. The molecule has 3 rings (SSSR count). The molecule has 0 heterocycles. The van der Waals surface area contributed by atoms with Gasteiger partial charge in [0.25, 0.3) is 5.91 Å². The van der Waals surface area contributed by atoms with E-state index in [4.69, 9.17) is 4.74 Å². The fourth-order valence-electron chi connectivity index (χ4n) is 3.61. The number of ether oxygens (including phenoxy) is 1. The molecule has 0 bridgehead atoms. The van der Waals surface area contributed by atoms with Gasteiger partial charge in [-0.3, -0.25) is 9.59 Å². The highest BCUT2D eigenvalue weighted by Crippen LogP contribution is 2.25. The molecule has 3 aromatic carbocycles. The number of benzene rings is 3. The van der Waals surface area contributed by atoms with Crippen LogP contribution in [0.1, 0.15) is 32.3 Å². The van der Waals surface area contributed by atoms with Gasteiger partial charge in [0.05, 0.1) is 0 Å². The first-order valence-corrected chi connectivity index (χ1v) is 10.9. The minimum Gasteiger partial charge on any atom is -0.483 e. The van der Waals surface area contributed by atoms with Gasteiger partial charge in [0.2, 0.25) is 5.91 Å². The first-order chi connectivity index (χ1) is 15.1. The van der Waals surface area contributed by atoms with Crippen molar-refractivity contribution in [1.82, 2.24) is 10.2 Å². The van der Waals surface area contributed by atoms with Crippen LogP contribution in [0.15, 0.2) is 72.8 Å². The number of hydrogen-bond acceptors (Lipinski definition) is 3. The van der Waals surface area contributed by atoms with E-state index in [1.54, 1.807) is 4.90 Å². The van der Waals surface area contributed by atoms with E-state index in [1.807, 2.05) is 86.6 Å². The highest BCUT2D eigenvalue weighted by molar-refractivity contribution is 5.90. The van der Waals surface area contributed by atoms with E-state index in [-0.39, 0.29) is 18.4 Å². The van der Waals surface area contributed by atoms with Crippen molar-refractivity contribution in [3.05, 3.63) is 78.4 Å². The van der Waals surface area contributed by atoms with Gasteiger partial charge >= 0.3 is 0 Å². The maximum absolute atomic E-state index is 13.3. The molecule has 2 amide bonds. The lowest BCUT2D eigenvalue weighted by Gasteiger charge is -2.30. The number of amides is 2. The zero-order chi connectivity index (χ0) is 22.1. The van der Waals surface area contributed by atoms with Gasteiger partial charge in [-0.25, -0.2) is 0 Å². The van der Waals surface area contributed by atoms with Crippen LogP contribution < -0.4 is 10.1 Å². The SMILES string of the molecule is CCCNC(=O)[C@H](CC)N(Cc1ccccc1)C(=O)COc1cccc2ccccc12. The third-order valence-corrected chi connectivity index (χ3v) is 5.23. The highest BCUT2D eigenvalue weighted by atomic mass is 16.5. The van der Waals surface area contributed by atoms with Crippen LogP contribution >= 0.6 is 0 Å². The Morgan fingerprint density at radius 3 is 2.39 bits per heavy atom. The molecule has 0 unspecified atom stereocenters. The van der Waals surface area contributed by atoms with Crippen molar-refractivity contribution < 1.29 is 14.3 Å². The lowest BCUT2D eigenvalue weighted by molar-refractivity contribution is -0.142. The molecule has 1 atom stereocenters. The summed E-state index contributed by atoms with van der Waals surface area (Å²) in [5.41, 5.74) is 0.975. The molecular weight excluding hydrogens is 388 g/mol. The Hall–Kier alpha value is -3.34. The number of rotatable bonds is 10. The van der Waals surface area contributed by atoms with E-state index >= 15 is 0 Å². The number of nitrogens with one attached hydrogen (secondary N) is 1. The molecule has 0 saturated heterocycles. The van der Waals surface area contributed by atoms with Crippen molar-refractivity contribution in [3.8, 4) is 5.75 Å². The number of nitrogens with zero attached hydrogens (tertiary/aromatic N) is 1. The van der Waals surface area contributed by atoms with Crippen molar-refractivity contribution in [2.45, 2.75) is 39.3 Å². The molecule has 0 aliphatic rings. The summed E-state index contributed by atoms with van der Waals surface area (Å²) in [5.74, 6) is 0.323. The van der Waals surface area contributed by atoms with E-state index in [1.165, 1.54) is 0 Å². The van der Waals surface area contributed by atoms with Crippen LogP contribution in [0.25, 0.3) is 10.8 Å². The highest BCUT2D eigenvalue weighted by Gasteiger charge is 2.28. The van der Waals surface area contributed by atoms with Gasteiger partial charge in [-0.1, -0.05) is 80.6 Å². The molecule has 162 valence electrons. The average molecular weight is 419 g/mol. The number of hydrogen-bond donors (Lipinski definition) is 1. The summed E-state index contributed by atoms with van der Waals surface area (Å²) < 4.78 is 5.93. The van der Waals surface area contributed by atoms with Crippen LogP contribution in [0.5, 0.6) is 5.75 Å². The Balaban J connectivity index is 1.79. The quantitative estimate of drug-likeness (QED) is 0.525. The molecule has 0 aromatic heterocycles. The molecule has 0 fully saturated rings. The van der Waals surface area contributed by atoms with Crippen LogP contribution in [-0.2, 0) is 16.1 Å². The minimum atomic E-state index is -0.546. The molecule has 3 aromatic rings. The normalized spacial score (nSPS) is 11.7. The van der Waals surface area contributed by atoms with E-state index in [0.717, 1.165) is 22.8 Å². The molecule has 0 aliphatic carbocycles. The third kappa shape index (κ3) is 5.85. The van der Waals surface area contributed by atoms with E-state index in [2.05, 4.69) is 5.32 Å². The van der Waals surface area contributed by atoms with Gasteiger partial charge in [-0.05, 0) is 29.9 Å². The first-order valence-electron chi connectivity index (χ1n) is 10.9. The van der Waals surface area contributed by atoms with Gasteiger partial charge in [-0.2, -0.15) is 0 Å². The smallest absolute Gasteiger partial charge is 0.261 e. The van der Waals surface area contributed by atoms with Crippen LogP contribution in [0, 0.1) is 0 Å². The Kier molecular flexibility index (Phi) is 8.05. The van der Waals surface area contributed by atoms with E-state index in [0.29, 0.717) is 25.3 Å². The largest absolute Gasteiger partial charge is 0.483 e. The number of fused-ring (bicyclic) bond motifs is 1.